The average Bonchev–Trinajstić information content (AvgIpc) is 2.92. The van der Waals surface area contributed by atoms with Crippen molar-refractivity contribution in [3.63, 3.8) is 0 Å². The van der Waals surface area contributed by atoms with E-state index in [2.05, 4.69) is 46.1 Å². The summed E-state index contributed by atoms with van der Waals surface area (Å²) in [5.74, 6) is 0. The topological polar surface area (TPSA) is 33.1 Å². The first-order chi connectivity index (χ1) is 9.22. The van der Waals surface area contributed by atoms with Gasteiger partial charge in [-0.2, -0.15) is 5.10 Å². The van der Waals surface area contributed by atoms with E-state index < -0.39 is 0 Å². The largest absolute Gasteiger partial charge is 0.312 e. The highest BCUT2D eigenvalue weighted by Crippen LogP contribution is 2.22. The highest BCUT2D eigenvalue weighted by molar-refractivity contribution is 5.01. The predicted molar refractivity (Wildman–Crippen MR) is 77.1 cm³/mol. The standard InChI is InChI=1S/C15H26N4/c1-12(2)19-9-7-14(17-19)11-18-8-3-4-15(18)10-16-13-5-6-13/h7,9,12-13,15-16H,3-6,8,10-11H2,1-2H3. The molecule has 106 valence electrons. The summed E-state index contributed by atoms with van der Waals surface area (Å²) in [6.07, 6.45) is 7.54. The summed E-state index contributed by atoms with van der Waals surface area (Å²) in [4.78, 5) is 2.60. The molecule has 0 aromatic carbocycles. The van der Waals surface area contributed by atoms with E-state index in [1.54, 1.807) is 0 Å². The van der Waals surface area contributed by atoms with Crippen LogP contribution in [-0.2, 0) is 6.54 Å². The molecule has 1 aliphatic carbocycles. The minimum atomic E-state index is 0.458. The van der Waals surface area contributed by atoms with Crippen molar-refractivity contribution >= 4 is 0 Å². The summed E-state index contributed by atoms with van der Waals surface area (Å²) in [5.41, 5.74) is 1.21. The van der Waals surface area contributed by atoms with Crippen molar-refractivity contribution in [2.24, 2.45) is 0 Å². The number of rotatable bonds is 6. The second-order valence-electron chi connectivity index (χ2n) is 6.33. The molecule has 0 amide bonds. The molecule has 0 radical (unpaired) electrons. The molecular formula is C15H26N4. The SMILES string of the molecule is CC(C)n1ccc(CN2CCCC2CNC2CC2)n1. The van der Waals surface area contributed by atoms with E-state index >= 15 is 0 Å². The van der Waals surface area contributed by atoms with Gasteiger partial charge in [-0.15, -0.1) is 0 Å². The summed E-state index contributed by atoms with van der Waals surface area (Å²) in [7, 11) is 0. The van der Waals surface area contributed by atoms with E-state index in [4.69, 9.17) is 0 Å². The first-order valence-corrected chi connectivity index (χ1v) is 7.74. The number of hydrogen-bond acceptors (Lipinski definition) is 3. The second-order valence-corrected chi connectivity index (χ2v) is 6.33. The highest BCUT2D eigenvalue weighted by atomic mass is 15.3. The Morgan fingerprint density at radius 1 is 1.37 bits per heavy atom. The third-order valence-electron chi connectivity index (χ3n) is 4.28. The molecule has 1 atom stereocenters. The maximum absolute atomic E-state index is 4.67. The van der Waals surface area contributed by atoms with E-state index in [9.17, 15) is 0 Å². The highest BCUT2D eigenvalue weighted by Gasteiger charge is 2.28. The van der Waals surface area contributed by atoms with Crippen LogP contribution >= 0.6 is 0 Å². The van der Waals surface area contributed by atoms with Crippen molar-refractivity contribution in [2.75, 3.05) is 13.1 Å². The number of likely N-dealkylation sites (tertiary alicyclic amines) is 1. The van der Waals surface area contributed by atoms with Crippen LogP contribution in [0, 0.1) is 0 Å². The fourth-order valence-electron chi connectivity index (χ4n) is 2.88. The number of nitrogens with zero attached hydrogens (tertiary/aromatic N) is 3. The molecule has 4 nitrogen and oxygen atoms in total. The third kappa shape index (κ3) is 3.37. The molecule has 1 unspecified atom stereocenters. The van der Waals surface area contributed by atoms with Gasteiger partial charge < -0.3 is 5.32 Å². The minimum absolute atomic E-state index is 0.458. The van der Waals surface area contributed by atoms with Gasteiger partial charge in [0.2, 0.25) is 0 Å². The molecule has 1 aliphatic heterocycles. The van der Waals surface area contributed by atoms with Crippen LogP contribution in [0.5, 0.6) is 0 Å². The molecule has 1 aromatic heterocycles. The van der Waals surface area contributed by atoms with Crippen molar-refractivity contribution in [1.29, 1.82) is 0 Å². The quantitative estimate of drug-likeness (QED) is 0.853. The molecule has 2 heterocycles. The van der Waals surface area contributed by atoms with E-state index in [-0.39, 0.29) is 0 Å². The summed E-state index contributed by atoms with van der Waals surface area (Å²) >= 11 is 0. The van der Waals surface area contributed by atoms with Gasteiger partial charge in [0, 0.05) is 37.4 Å². The van der Waals surface area contributed by atoms with Crippen LogP contribution < -0.4 is 5.32 Å². The lowest BCUT2D eigenvalue weighted by Crippen LogP contribution is -2.38. The predicted octanol–water partition coefficient (Wildman–Crippen LogP) is 2.18. The van der Waals surface area contributed by atoms with Gasteiger partial charge in [0.15, 0.2) is 0 Å². The molecule has 19 heavy (non-hydrogen) atoms. The lowest BCUT2D eigenvalue weighted by molar-refractivity contribution is 0.235. The smallest absolute Gasteiger partial charge is 0.0765 e. The molecule has 2 fully saturated rings. The Morgan fingerprint density at radius 2 is 2.21 bits per heavy atom. The summed E-state index contributed by atoms with van der Waals surface area (Å²) < 4.78 is 2.06. The molecule has 4 heteroatoms. The van der Waals surface area contributed by atoms with Crippen molar-refractivity contribution < 1.29 is 0 Å². The van der Waals surface area contributed by atoms with Crippen LogP contribution in [0.25, 0.3) is 0 Å². The van der Waals surface area contributed by atoms with Crippen LogP contribution in [-0.4, -0.2) is 39.9 Å². The van der Waals surface area contributed by atoms with Crippen LogP contribution in [0.15, 0.2) is 12.3 Å². The van der Waals surface area contributed by atoms with Crippen LogP contribution in [0.1, 0.15) is 51.3 Å². The zero-order chi connectivity index (χ0) is 13.2. The van der Waals surface area contributed by atoms with E-state index in [1.807, 2.05) is 0 Å². The second kappa shape index (κ2) is 5.63. The molecular weight excluding hydrogens is 236 g/mol. The average molecular weight is 262 g/mol. The van der Waals surface area contributed by atoms with Gasteiger partial charge in [-0.25, -0.2) is 0 Å². The molecule has 0 spiro atoms. The molecule has 1 aromatic rings. The van der Waals surface area contributed by atoms with Crippen molar-refractivity contribution in [3.05, 3.63) is 18.0 Å². The normalized spacial score (nSPS) is 24.5. The summed E-state index contributed by atoms with van der Waals surface area (Å²) in [6, 6.07) is 4.16. The van der Waals surface area contributed by atoms with Crippen molar-refractivity contribution in [1.82, 2.24) is 20.0 Å². The Morgan fingerprint density at radius 3 is 2.89 bits per heavy atom. The maximum atomic E-state index is 4.67. The zero-order valence-corrected chi connectivity index (χ0v) is 12.2. The summed E-state index contributed by atoms with van der Waals surface area (Å²) in [6.45, 7) is 7.75. The molecule has 3 rings (SSSR count). The van der Waals surface area contributed by atoms with Gasteiger partial charge in [-0.1, -0.05) is 0 Å². The summed E-state index contributed by atoms with van der Waals surface area (Å²) in [5, 5.41) is 8.34. The Kier molecular flexibility index (Phi) is 3.89. The molecule has 2 aliphatic rings. The number of nitrogens with one attached hydrogen (secondary N) is 1. The van der Waals surface area contributed by atoms with Gasteiger partial charge in [0.1, 0.15) is 0 Å². The molecule has 1 N–H and O–H groups in total. The van der Waals surface area contributed by atoms with Crippen LogP contribution in [0.4, 0.5) is 0 Å². The van der Waals surface area contributed by atoms with E-state index in [1.165, 1.54) is 37.9 Å². The molecule has 0 bridgehead atoms. The third-order valence-corrected chi connectivity index (χ3v) is 4.28. The zero-order valence-electron chi connectivity index (χ0n) is 12.2. The van der Waals surface area contributed by atoms with Gasteiger partial charge >= 0.3 is 0 Å². The lowest BCUT2D eigenvalue weighted by atomic mass is 10.2. The van der Waals surface area contributed by atoms with E-state index in [0.717, 1.165) is 19.1 Å². The van der Waals surface area contributed by atoms with Crippen LogP contribution in [0.3, 0.4) is 0 Å². The van der Waals surface area contributed by atoms with Gasteiger partial charge in [0.25, 0.3) is 0 Å². The Balaban J connectivity index is 1.54. The van der Waals surface area contributed by atoms with Gasteiger partial charge in [0.05, 0.1) is 5.69 Å². The monoisotopic (exact) mass is 262 g/mol. The maximum Gasteiger partial charge on any atom is 0.0765 e. The minimum Gasteiger partial charge on any atom is -0.312 e. The molecule has 1 saturated heterocycles. The fraction of sp³-hybridized carbons (Fsp3) is 0.800. The van der Waals surface area contributed by atoms with Crippen LogP contribution in [0.2, 0.25) is 0 Å². The first kappa shape index (κ1) is 13.1. The molecule has 1 saturated carbocycles. The lowest BCUT2D eigenvalue weighted by Gasteiger charge is -2.24. The number of hydrogen-bond donors (Lipinski definition) is 1. The van der Waals surface area contributed by atoms with Crippen molar-refractivity contribution in [2.45, 2.75) is 64.2 Å². The number of aromatic nitrogens is 2. The van der Waals surface area contributed by atoms with Gasteiger partial charge in [-0.05, 0) is 52.1 Å². The Hall–Kier alpha value is -0.870. The van der Waals surface area contributed by atoms with Gasteiger partial charge in [-0.3, -0.25) is 9.58 Å². The van der Waals surface area contributed by atoms with Crippen molar-refractivity contribution in [3.8, 4) is 0 Å². The Labute approximate surface area is 116 Å². The Bertz CT molecular complexity index is 408. The first-order valence-electron chi connectivity index (χ1n) is 7.74. The van der Waals surface area contributed by atoms with E-state index in [0.29, 0.717) is 12.1 Å². The fourth-order valence-corrected chi connectivity index (χ4v) is 2.88.